The number of carbonyl (C=O) groups excluding carboxylic acids is 3. The highest BCUT2D eigenvalue weighted by molar-refractivity contribution is 7.46. The van der Waals surface area contributed by atoms with E-state index >= 15 is 0 Å². The molecule has 302 valence electrons. The summed E-state index contributed by atoms with van der Waals surface area (Å²) in [6.07, 6.45) is -4.32. The summed E-state index contributed by atoms with van der Waals surface area (Å²) in [6, 6.07) is 6.55. The predicted molar refractivity (Wildman–Crippen MR) is 192 cm³/mol. The van der Waals surface area contributed by atoms with E-state index in [1.165, 1.54) is 36.4 Å². The molecule has 1 saturated heterocycles. The Labute approximate surface area is 318 Å². The van der Waals surface area contributed by atoms with E-state index in [-0.39, 0.29) is 52.6 Å². The lowest BCUT2D eigenvalue weighted by atomic mass is 10.1. The quantitative estimate of drug-likeness (QED) is 0.0441. The molecule has 25 heteroatoms. The summed E-state index contributed by atoms with van der Waals surface area (Å²) in [5.74, 6) is -5.62. The molecule has 4 aromatic rings. The molecule has 3 amide bonds. The number of amides is 3. The lowest BCUT2D eigenvalue weighted by Gasteiger charge is -2.22. The molecule has 0 saturated carbocycles. The van der Waals surface area contributed by atoms with Gasteiger partial charge in [0.25, 0.3) is 23.3 Å². The zero-order valence-electron chi connectivity index (χ0n) is 29.1. The van der Waals surface area contributed by atoms with Crippen LogP contribution in [0.15, 0.2) is 53.6 Å². The van der Waals surface area contributed by atoms with E-state index in [1.807, 2.05) is 0 Å². The molecule has 4 heterocycles. The Morgan fingerprint density at radius 1 is 1.07 bits per heavy atom. The number of nitrogens with zero attached hydrogens (tertiary/aromatic N) is 5. The minimum Gasteiger partial charge on any atom is -0.481 e. The highest BCUT2D eigenvalue weighted by Gasteiger charge is 2.45. The number of imidazole rings is 1. The van der Waals surface area contributed by atoms with Crippen LogP contribution in [-0.2, 0) is 34.8 Å². The molecule has 0 aliphatic carbocycles. The Morgan fingerprint density at radius 2 is 1.77 bits per heavy atom. The number of carboxylic acid groups (broad SMARTS) is 2. The van der Waals surface area contributed by atoms with Crippen molar-refractivity contribution in [3.63, 3.8) is 0 Å². The number of carbonyl (C=O) groups is 5. The Morgan fingerprint density at radius 3 is 2.40 bits per heavy atom. The number of nitrogens with two attached hydrogens (primary N) is 2. The molecule has 1 fully saturated rings. The number of carboxylic acids is 2. The number of anilines is 2. The number of H-pyrrole nitrogens is 1. The molecule has 24 nitrogen and oxygen atoms in total. The van der Waals surface area contributed by atoms with Gasteiger partial charge in [-0.25, -0.2) is 24.3 Å². The van der Waals surface area contributed by atoms with Crippen molar-refractivity contribution < 1.29 is 68.0 Å². The molecular formula is C32H34N9O15P. The Balaban J connectivity index is 1.48. The molecule has 0 spiro atoms. The highest BCUT2D eigenvalue weighted by atomic mass is 31.2. The van der Waals surface area contributed by atoms with E-state index in [1.54, 1.807) is 0 Å². The molecule has 1 aliphatic heterocycles. The number of nitrogen functional groups attached to an aromatic ring is 1. The third-order valence-corrected chi connectivity index (χ3v) is 8.86. The van der Waals surface area contributed by atoms with E-state index in [2.05, 4.69) is 29.8 Å². The maximum atomic E-state index is 14.0. The van der Waals surface area contributed by atoms with Crippen LogP contribution in [0.5, 0.6) is 0 Å². The first kappa shape index (κ1) is 41.8. The van der Waals surface area contributed by atoms with Crippen LogP contribution in [0.4, 0.5) is 11.6 Å². The van der Waals surface area contributed by atoms with Crippen molar-refractivity contribution in [3.8, 4) is 0 Å². The fourth-order valence-electron chi connectivity index (χ4n) is 5.62. The van der Waals surface area contributed by atoms with E-state index in [9.17, 15) is 48.7 Å². The van der Waals surface area contributed by atoms with Crippen LogP contribution in [0.2, 0.25) is 0 Å². The van der Waals surface area contributed by atoms with Crippen molar-refractivity contribution in [2.75, 3.05) is 17.2 Å². The van der Waals surface area contributed by atoms with Gasteiger partial charge in [0, 0.05) is 23.7 Å². The summed E-state index contributed by atoms with van der Waals surface area (Å²) in [5, 5.41) is 41.8. The van der Waals surface area contributed by atoms with Gasteiger partial charge in [-0.05, 0) is 48.9 Å². The smallest absolute Gasteiger partial charge is 0.469 e. The largest absolute Gasteiger partial charge is 0.481 e. The number of primary amides is 1. The fraction of sp³-hybridized carbons (Fsp3) is 0.281. The van der Waals surface area contributed by atoms with Gasteiger partial charge in [-0.3, -0.25) is 33.5 Å². The van der Waals surface area contributed by atoms with Crippen LogP contribution in [-0.4, -0.2) is 115 Å². The van der Waals surface area contributed by atoms with Crippen LogP contribution >= 0.6 is 7.82 Å². The lowest BCUT2D eigenvalue weighted by Crippen LogP contribution is -2.41. The summed E-state index contributed by atoms with van der Waals surface area (Å²) in [4.78, 5) is 108. The summed E-state index contributed by atoms with van der Waals surface area (Å²) in [6.45, 7) is -1.16. The maximum Gasteiger partial charge on any atom is 0.469 e. The van der Waals surface area contributed by atoms with Crippen LogP contribution in [0, 0.1) is 0 Å². The minimum atomic E-state index is -4.99. The Bertz CT molecular complexity index is 2340. The lowest BCUT2D eigenvalue weighted by molar-refractivity contribution is -0.140. The monoisotopic (exact) mass is 815 g/mol. The van der Waals surface area contributed by atoms with Crippen molar-refractivity contribution in [1.82, 2.24) is 29.8 Å². The van der Waals surface area contributed by atoms with Gasteiger partial charge >= 0.3 is 19.8 Å². The van der Waals surface area contributed by atoms with Gasteiger partial charge in [-0.2, -0.15) is 0 Å². The van der Waals surface area contributed by atoms with Crippen LogP contribution in [0.1, 0.15) is 51.3 Å². The number of aliphatic hydroxyl groups is 2. The van der Waals surface area contributed by atoms with Gasteiger partial charge < -0.3 is 61.2 Å². The number of aromatic amines is 1. The Hall–Kier alpha value is -6.40. The summed E-state index contributed by atoms with van der Waals surface area (Å²) < 4.78 is 22.2. The summed E-state index contributed by atoms with van der Waals surface area (Å²) >= 11 is 0. The number of ether oxygens (including phenoxy) is 1. The van der Waals surface area contributed by atoms with Crippen LogP contribution in [0.3, 0.4) is 0 Å². The normalized spacial score (nSPS) is 18.7. The van der Waals surface area contributed by atoms with Gasteiger partial charge in [-0.1, -0.05) is 0 Å². The second kappa shape index (κ2) is 17.2. The average molecular weight is 816 g/mol. The fourth-order valence-corrected chi connectivity index (χ4v) is 5.97. The van der Waals surface area contributed by atoms with Crippen molar-refractivity contribution in [1.29, 1.82) is 0 Å². The molecule has 0 bridgehead atoms. The van der Waals surface area contributed by atoms with Crippen molar-refractivity contribution >= 4 is 66.2 Å². The third kappa shape index (κ3) is 10.1. The molecule has 5 atom stereocenters. The number of fused-ring (bicyclic) bond motifs is 1. The van der Waals surface area contributed by atoms with E-state index in [0.29, 0.717) is 0 Å². The first-order valence-corrected chi connectivity index (χ1v) is 17.9. The standard InChI is InChI=1S/C32H34N9O15P/c33-27(47)24-19(41(13-35-24)30-26(46)25(45)20(56-30)12-55-57(52,53)54)8-9-21(42)40(11-15-3-6-17-23(36-15)29(49)39-32(34)38-17)16-4-1-14(2-5-16)28(48)37-18(31(50)51)7-10-22(43)44/h1-6,8-9,13,18,20,25-26,30,45-46H,7,10-12H2,(H2,33,47)(H,37,48)(H,43,44)(H,50,51)(H2,52,53,54)(H3,34,38,39,49)/b9-8+/t18-,20+,25+,26-,30-/m1/s1. The van der Waals surface area contributed by atoms with E-state index in [0.717, 1.165) is 27.9 Å². The molecule has 57 heavy (non-hydrogen) atoms. The number of aliphatic carboxylic acids is 2. The molecule has 1 aliphatic rings. The molecule has 1 aromatic carbocycles. The number of phosphoric ester groups is 1. The average Bonchev–Trinajstić information content (AvgIpc) is 3.69. The maximum absolute atomic E-state index is 14.0. The molecular weight excluding hydrogens is 781 g/mol. The number of nitrogens with one attached hydrogen (secondary N) is 2. The summed E-state index contributed by atoms with van der Waals surface area (Å²) in [5.41, 5.74) is 10.1. The van der Waals surface area contributed by atoms with Crippen LogP contribution in [0.25, 0.3) is 17.1 Å². The van der Waals surface area contributed by atoms with Gasteiger partial charge in [0.05, 0.1) is 36.4 Å². The zero-order chi connectivity index (χ0) is 41.8. The molecule has 0 radical (unpaired) electrons. The van der Waals surface area contributed by atoms with E-state index < -0.39 is 92.3 Å². The van der Waals surface area contributed by atoms with Gasteiger partial charge in [-0.15, -0.1) is 0 Å². The topological polar surface area (TPSA) is 386 Å². The van der Waals surface area contributed by atoms with Crippen molar-refractivity contribution in [2.24, 2.45) is 5.73 Å². The van der Waals surface area contributed by atoms with Crippen molar-refractivity contribution in [3.05, 3.63) is 81.8 Å². The van der Waals surface area contributed by atoms with Gasteiger partial charge in [0.1, 0.15) is 24.4 Å². The minimum absolute atomic E-state index is 0.0564. The van der Waals surface area contributed by atoms with Crippen LogP contribution < -0.4 is 27.2 Å². The second-order valence-electron chi connectivity index (χ2n) is 12.3. The number of hydrogen-bond acceptors (Lipinski definition) is 15. The number of rotatable bonds is 16. The number of aromatic nitrogens is 5. The zero-order valence-corrected chi connectivity index (χ0v) is 30.0. The SMILES string of the molecule is NC(=O)c1ncn([C@@H]2O[C@@H](COP(=O)(O)O)[C@H](O)[C@H]2O)c1/C=C/C(=O)N(Cc1ccc2nc(N)[nH]c(=O)c2n1)c1ccc(C(=O)N[C@H](CCC(=O)O)C(=O)O)cc1. The summed E-state index contributed by atoms with van der Waals surface area (Å²) in [7, 11) is -4.99. The number of phosphoric acid groups is 1. The molecule has 0 unspecified atom stereocenters. The Kier molecular flexibility index (Phi) is 12.6. The number of benzene rings is 1. The van der Waals surface area contributed by atoms with Gasteiger partial charge in [0.2, 0.25) is 5.95 Å². The van der Waals surface area contributed by atoms with E-state index in [4.69, 9.17) is 31.1 Å². The highest BCUT2D eigenvalue weighted by Crippen LogP contribution is 2.39. The molecule has 3 aromatic heterocycles. The number of pyridine rings is 1. The first-order chi connectivity index (χ1) is 26.8. The molecule has 12 N–H and O–H groups in total. The third-order valence-electron chi connectivity index (χ3n) is 8.37. The first-order valence-electron chi connectivity index (χ1n) is 16.4. The second-order valence-corrected chi connectivity index (χ2v) is 13.5. The molecule has 5 rings (SSSR count). The van der Waals surface area contributed by atoms with Gasteiger partial charge in [0.15, 0.2) is 17.4 Å². The predicted octanol–water partition coefficient (Wildman–Crippen LogP) is -1.78. The van der Waals surface area contributed by atoms with Crippen molar-refractivity contribution in [2.45, 2.75) is 50.0 Å². The number of aliphatic hydroxyl groups excluding tert-OH is 2. The number of hydrogen-bond donors (Lipinski definition) is 10.